The molecule has 0 aliphatic rings. The van der Waals surface area contributed by atoms with Gasteiger partial charge in [0, 0.05) is 0 Å². The van der Waals surface area contributed by atoms with Crippen molar-refractivity contribution >= 4 is 12.1 Å². The van der Waals surface area contributed by atoms with Crippen molar-refractivity contribution in [2.45, 2.75) is 65.8 Å². The average molecular weight is 273 g/mol. The Morgan fingerprint density at radius 2 is 1.95 bits per heavy atom. The molecule has 5 nitrogen and oxygen atoms in total. The minimum Gasteiger partial charge on any atom is -0.480 e. The molecule has 0 bridgehead atoms. The van der Waals surface area contributed by atoms with Gasteiger partial charge >= 0.3 is 12.1 Å². The third kappa shape index (κ3) is 8.46. The summed E-state index contributed by atoms with van der Waals surface area (Å²) >= 11 is 0. The van der Waals surface area contributed by atoms with Gasteiger partial charge < -0.3 is 15.2 Å². The number of alkyl carbamates (subject to hydrolysis) is 1. The molecule has 0 aromatic carbocycles. The van der Waals surface area contributed by atoms with Gasteiger partial charge in [-0.1, -0.05) is 40.5 Å². The molecule has 0 aromatic rings. The molecule has 1 amide bonds. The van der Waals surface area contributed by atoms with Crippen LogP contribution in [0.25, 0.3) is 0 Å². The lowest BCUT2D eigenvalue weighted by atomic mass is 9.84. The molecule has 0 spiro atoms. The number of hydrogen-bond acceptors (Lipinski definition) is 3. The largest absolute Gasteiger partial charge is 0.480 e. The van der Waals surface area contributed by atoms with Crippen molar-refractivity contribution < 1.29 is 19.4 Å². The molecule has 19 heavy (non-hydrogen) atoms. The number of carboxylic acids is 1. The third-order valence-electron chi connectivity index (χ3n) is 3.39. The van der Waals surface area contributed by atoms with Crippen LogP contribution in [-0.2, 0) is 9.53 Å². The summed E-state index contributed by atoms with van der Waals surface area (Å²) in [5.41, 5.74) is 0.0848. The normalized spacial score (nSPS) is 12.8. The fourth-order valence-corrected chi connectivity index (χ4v) is 1.46. The summed E-state index contributed by atoms with van der Waals surface area (Å²) in [5.74, 6) is -1.01. The van der Waals surface area contributed by atoms with Crippen LogP contribution in [0.5, 0.6) is 0 Å². The summed E-state index contributed by atoms with van der Waals surface area (Å²) in [4.78, 5) is 22.5. The molecule has 0 aromatic heterocycles. The number of rotatable bonds is 9. The maximum Gasteiger partial charge on any atom is 0.407 e. The van der Waals surface area contributed by atoms with E-state index in [9.17, 15) is 9.59 Å². The second-order valence-electron chi connectivity index (χ2n) is 5.58. The van der Waals surface area contributed by atoms with Gasteiger partial charge in [-0.2, -0.15) is 0 Å². The van der Waals surface area contributed by atoms with Gasteiger partial charge in [0.15, 0.2) is 0 Å². The van der Waals surface area contributed by atoms with Gasteiger partial charge in [-0.3, -0.25) is 0 Å². The Labute approximate surface area is 115 Å². The van der Waals surface area contributed by atoms with E-state index in [1.165, 1.54) is 0 Å². The predicted molar refractivity (Wildman–Crippen MR) is 74.1 cm³/mol. The van der Waals surface area contributed by atoms with Crippen LogP contribution in [0.15, 0.2) is 0 Å². The van der Waals surface area contributed by atoms with Gasteiger partial charge in [-0.15, -0.1) is 0 Å². The highest BCUT2D eigenvalue weighted by molar-refractivity contribution is 5.79. The van der Waals surface area contributed by atoms with Crippen molar-refractivity contribution in [3.8, 4) is 0 Å². The molecule has 0 radical (unpaired) electrons. The Morgan fingerprint density at radius 1 is 1.32 bits per heavy atom. The minimum absolute atomic E-state index is 0.0848. The highest BCUT2D eigenvalue weighted by Crippen LogP contribution is 2.26. The first-order valence-corrected chi connectivity index (χ1v) is 6.98. The molecule has 0 aliphatic heterocycles. The molecule has 1 atom stereocenters. The van der Waals surface area contributed by atoms with Gasteiger partial charge in [0.05, 0.1) is 6.61 Å². The van der Waals surface area contributed by atoms with E-state index < -0.39 is 18.1 Å². The van der Waals surface area contributed by atoms with E-state index in [0.717, 1.165) is 25.7 Å². The monoisotopic (exact) mass is 273 g/mol. The minimum atomic E-state index is -1.01. The highest BCUT2D eigenvalue weighted by Gasteiger charge is 2.24. The van der Waals surface area contributed by atoms with E-state index in [0.29, 0.717) is 13.0 Å². The van der Waals surface area contributed by atoms with E-state index in [-0.39, 0.29) is 5.41 Å². The van der Waals surface area contributed by atoms with E-state index in [1.54, 1.807) is 0 Å². The first-order chi connectivity index (χ1) is 8.82. The van der Waals surface area contributed by atoms with Crippen molar-refractivity contribution in [1.82, 2.24) is 5.32 Å². The highest BCUT2D eigenvalue weighted by atomic mass is 16.5. The van der Waals surface area contributed by atoms with E-state index in [2.05, 4.69) is 26.1 Å². The van der Waals surface area contributed by atoms with E-state index in [1.807, 2.05) is 6.92 Å². The number of aliphatic carboxylic acids is 1. The number of carboxylic acid groups (broad SMARTS) is 1. The van der Waals surface area contributed by atoms with Crippen molar-refractivity contribution in [3.05, 3.63) is 0 Å². The number of carbonyl (C=O) groups excluding carboxylic acids is 1. The van der Waals surface area contributed by atoms with Crippen molar-refractivity contribution in [1.29, 1.82) is 0 Å². The fraction of sp³-hybridized carbons (Fsp3) is 0.857. The molecule has 112 valence electrons. The van der Waals surface area contributed by atoms with Crippen LogP contribution in [0.1, 0.15) is 59.8 Å². The number of nitrogens with one attached hydrogen (secondary N) is 1. The molecule has 0 rings (SSSR count). The quantitative estimate of drug-likeness (QED) is 0.633. The van der Waals surface area contributed by atoms with Crippen LogP contribution < -0.4 is 5.32 Å². The molecule has 1 unspecified atom stereocenters. The average Bonchev–Trinajstić information content (AvgIpc) is 2.34. The van der Waals surface area contributed by atoms with Gasteiger partial charge in [0.2, 0.25) is 0 Å². The lowest BCUT2D eigenvalue weighted by molar-refractivity contribution is -0.139. The van der Waals surface area contributed by atoms with E-state index in [4.69, 9.17) is 9.84 Å². The SMILES string of the molecule is CCCCOC(=O)NC(CCC(C)(C)CC)C(=O)O. The molecule has 0 saturated carbocycles. The maximum absolute atomic E-state index is 11.4. The molecule has 0 aliphatic carbocycles. The van der Waals surface area contributed by atoms with Gasteiger partial charge in [-0.05, 0) is 24.7 Å². The lowest BCUT2D eigenvalue weighted by Crippen LogP contribution is -2.41. The first-order valence-electron chi connectivity index (χ1n) is 6.98. The van der Waals surface area contributed by atoms with Gasteiger partial charge in [0.25, 0.3) is 0 Å². The Hall–Kier alpha value is -1.26. The summed E-state index contributed by atoms with van der Waals surface area (Å²) in [6.07, 6.45) is 3.21. The van der Waals surface area contributed by atoms with Crippen molar-refractivity contribution in [2.75, 3.05) is 6.61 Å². The van der Waals surface area contributed by atoms with Crippen molar-refractivity contribution in [2.24, 2.45) is 5.41 Å². The second-order valence-corrected chi connectivity index (χ2v) is 5.58. The smallest absolute Gasteiger partial charge is 0.407 e. The third-order valence-corrected chi connectivity index (χ3v) is 3.39. The molecule has 5 heteroatoms. The maximum atomic E-state index is 11.4. The van der Waals surface area contributed by atoms with Gasteiger partial charge in [-0.25, -0.2) is 9.59 Å². The lowest BCUT2D eigenvalue weighted by Gasteiger charge is -2.24. The first kappa shape index (κ1) is 17.7. The number of unbranched alkanes of at least 4 members (excludes halogenated alkanes) is 1. The second kappa shape index (κ2) is 8.77. The molecule has 0 heterocycles. The standard InChI is InChI=1S/C14H27NO4/c1-5-7-10-19-13(18)15-11(12(16)17)8-9-14(3,4)6-2/h11H,5-10H2,1-4H3,(H,15,18)(H,16,17). The zero-order valence-electron chi connectivity index (χ0n) is 12.5. The Bertz CT molecular complexity index is 289. The van der Waals surface area contributed by atoms with Crippen LogP contribution in [0.2, 0.25) is 0 Å². The number of hydrogen-bond donors (Lipinski definition) is 2. The summed E-state index contributed by atoms with van der Waals surface area (Å²) < 4.78 is 4.91. The van der Waals surface area contributed by atoms with Crippen LogP contribution in [-0.4, -0.2) is 29.8 Å². The molecule has 0 fully saturated rings. The number of carbonyl (C=O) groups is 2. The van der Waals surface area contributed by atoms with Crippen LogP contribution >= 0.6 is 0 Å². The molecular weight excluding hydrogens is 246 g/mol. The van der Waals surface area contributed by atoms with Crippen molar-refractivity contribution in [3.63, 3.8) is 0 Å². The van der Waals surface area contributed by atoms with Crippen LogP contribution in [0, 0.1) is 5.41 Å². The molecular formula is C14H27NO4. The topological polar surface area (TPSA) is 75.6 Å². The zero-order chi connectivity index (χ0) is 14.9. The van der Waals surface area contributed by atoms with Crippen LogP contribution in [0.3, 0.4) is 0 Å². The number of amides is 1. The number of ether oxygens (including phenoxy) is 1. The Kier molecular flexibility index (Phi) is 8.19. The fourth-order valence-electron chi connectivity index (χ4n) is 1.46. The Morgan fingerprint density at radius 3 is 2.42 bits per heavy atom. The van der Waals surface area contributed by atoms with Gasteiger partial charge in [0.1, 0.15) is 6.04 Å². The Balaban J connectivity index is 4.19. The summed E-state index contributed by atoms with van der Waals surface area (Å²) in [6.45, 7) is 8.57. The van der Waals surface area contributed by atoms with E-state index >= 15 is 0 Å². The zero-order valence-corrected chi connectivity index (χ0v) is 12.5. The van der Waals surface area contributed by atoms with Crippen LogP contribution in [0.4, 0.5) is 4.79 Å². The molecule has 0 saturated heterocycles. The predicted octanol–water partition coefficient (Wildman–Crippen LogP) is 3.18. The summed E-state index contributed by atoms with van der Waals surface area (Å²) in [6, 6.07) is -0.875. The summed E-state index contributed by atoms with van der Waals surface area (Å²) in [5, 5.41) is 11.5. The summed E-state index contributed by atoms with van der Waals surface area (Å²) in [7, 11) is 0. The molecule has 2 N–H and O–H groups in total.